The first-order chi connectivity index (χ1) is 15.1. The number of phenolic OH excluding ortho intramolecular Hbond substituents is 1. The summed E-state index contributed by atoms with van der Waals surface area (Å²) in [6, 6.07) is 16.7. The van der Waals surface area contributed by atoms with Crippen molar-refractivity contribution in [3.05, 3.63) is 65.9 Å². The highest BCUT2D eigenvalue weighted by Crippen LogP contribution is 2.26. The lowest BCUT2D eigenvalue weighted by molar-refractivity contribution is -0.115. The molecule has 7 heteroatoms. The van der Waals surface area contributed by atoms with Gasteiger partial charge in [0.1, 0.15) is 11.5 Å². The quantitative estimate of drug-likeness (QED) is 0.510. The second kappa shape index (κ2) is 9.96. The number of methoxy groups -OCH3 is 1. The van der Waals surface area contributed by atoms with Gasteiger partial charge >= 0.3 is 0 Å². The molecule has 0 radical (unpaired) electrons. The molecule has 0 amide bonds. The van der Waals surface area contributed by atoms with E-state index in [1.165, 1.54) is 0 Å². The van der Waals surface area contributed by atoms with Crippen molar-refractivity contribution in [3.8, 4) is 22.8 Å². The summed E-state index contributed by atoms with van der Waals surface area (Å²) in [4.78, 5) is 0. The lowest BCUT2D eigenvalue weighted by atomic mass is 9.98. The maximum absolute atomic E-state index is 10.4. The molecule has 0 bridgehead atoms. The summed E-state index contributed by atoms with van der Waals surface area (Å²) >= 11 is 0. The minimum atomic E-state index is -0.486. The number of nitrogens with one attached hydrogen (secondary N) is 1. The van der Waals surface area contributed by atoms with Crippen molar-refractivity contribution in [1.29, 1.82) is 0 Å². The first-order valence-corrected chi connectivity index (χ1v) is 10.5. The van der Waals surface area contributed by atoms with Crippen molar-refractivity contribution in [3.63, 3.8) is 0 Å². The number of aliphatic hydroxyl groups is 1. The zero-order chi connectivity index (χ0) is 21.6. The highest BCUT2D eigenvalue weighted by molar-refractivity contribution is 5.59. The Labute approximate surface area is 181 Å². The molecule has 3 N–H and O–H groups in total. The number of nitrogens with zero attached hydrogens (tertiary/aromatic N) is 1. The Morgan fingerprint density at radius 2 is 1.97 bits per heavy atom. The molecule has 0 spiro atoms. The van der Waals surface area contributed by atoms with Gasteiger partial charge in [0.05, 0.1) is 31.1 Å². The van der Waals surface area contributed by atoms with Crippen LogP contribution in [0.1, 0.15) is 24.1 Å². The maximum atomic E-state index is 10.4. The maximum Gasteiger partial charge on any atom is 0.167 e. The molecule has 0 unspecified atom stereocenters. The number of aromatic nitrogens is 1. The highest BCUT2D eigenvalue weighted by atomic mass is 16.5. The zero-order valence-corrected chi connectivity index (χ0v) is 17.5. The molecule has 7 nitrogen and oxygen atoms in total. The topological polar surface area (TPSA) is 97.0 Å². The average Bonchev–Trinajstić information content (AvgIpc) is 3.25. The summed E-state index contributed by atoms with van der Waals surface area (Å²) in [5.74, 6) is 1.63. The van der Waals surface area contributed by atoms with E-state index in [-0.39, 0.29) is 18.0 Å². The third kappa shape index (κ3) is 5.64. The molecule has 1 aliphatic rings. The van der Waals surface area contributed by atoms with Gasteiger partial charge in [-0.15, -0.1) is 0 Å². The van der Waals surface area contributed by atoms with Crippen molar-refractivity contribution in [2.24, 2.45) is 0 Å². The Morgan fingerprint density at radius 1 is 1.13 bits per heavy atom. The molecule has 3 aromatic rings. The molecule has 31 heavy (non-hydrogen) atoms. The molecule has 1 aromatic heterocycles. The average molecular weight is 424 g/mol. The van der Waals surface area contributed by atoms with Crippen LogP contribution < -0.4 is 10.1 Å². The van der Waals surface area contributed by atoms with Crippen molar-refractivity contribution in [2.45, 2.75) is 44.1 Å². The highest BCUT2D eigenvalue weighted by Gasteiger charge is 2.30. The van der Waals surface area contributed by atoms with Crippen LogP contribution >= 0.6 is 0 Å². The Kier molecular flexibility index (Phi) is 6.86. The van der Waals surface area contributed by atoms with Gasteiger partial charge in [0.2, 0.25) is 0 Å². The van der Waals surface area contributed by atoms with Crippen molar-refractivity contribution in [2.75, 3.05) is 13.7 Å². The van der Waals surface area contributed by atoms with E-state index in [4.69, 9.17) is 14.0 Å². The lowest BCUT2D eigenvalue weighted by Gasteiger charge is -2.34. The van der Waals surface area contributed by atoms with Crippen LogP contribution in [0.15, 0.2) is 59.1 Å². The summed E-state index contributed by atoms with van der Waals surface area (Å²) in [5.41, 5.74) is 2.72. The molecule has 1 aliphatic heterocycles. The third-order valence-electron chi connectivity index (χ3n) is 5.54. The smallest absolute Gasteiger partial charge is 0.167 e. The number of benzene rings is 2. The van der Waals surface area contributed by atoms with Gasteiger partial charge in [-0.3, -0.25) is 0 Å². The van der Waals surface area contributed by atoms with Gasteiger partial charge in [-0.25, -0.2) is 0 Å². The lowest BCUT2D eigenvalue weighted by Crippen LogP contribution is -2.45. The number of rotatable bonds is 8. The molecule has 4 rings (SSSR count). The van der Waals surface area contributed by atoms with Gasteiger partial charge in [-0.05, 0) is 42.7 Å². The van der Waals surface area contributed by atoms with Crippen LogP contribution in [0.25, 0.3) is 11.3 Å². The number of hydrogen-bond donors (Lipinski definition) is 3. The predicted octanol–water partition coefficient (Wildman–Crippen LogP) is 3.30. The molecule has 3 atom stereocenters. The van der Waals surface area contributed by atoms with E-state index in [1.807, 2.05) is 36.4 Å². The predicted molar refractivity (Wildman–Crippen MR) is 116 cm³/mol. The minimum Gasteiger partial charge on any atom is -0.508 e. The molecule has 0 saturated carbocycles. The monoisotopic (exact) mass is 424 g/mol. The molecule has 2 aromatic carbocycles. The Morgan fingerprint density at radius 3 is 2.74 bits per heavy atom. The van der Waals surface area contributed by atoms with Gasteiger partial charge in [0.15, 0.2) is 5.76 Å². The van der Waals surface area contributed by atoms with Crippen molar-refractivity contribution >= 4 is 0 Å². The van der Waals surface area contributed by atoms with Gasteiger partial charge in [0, 0.05) is 31.1 Å². The zero-order valence-electron chi connectivity index (χ0n) is 17.5. The number of aliphatic hydroxyl groups excluding tert-OH is 1. The van der Waals surface area contributed by atoms with E-state index < -0.39 is 6.10 Å². The summed E-state index contributed by atoms with van der Waals surface area (Å²) in [7, 11) is 1.65. The second-order valence-electron chi connectivity index (χ2n) is 7.86. The summed E-state index contributed by atoms with van der Waals surface area (Å²) in [6.45, 7) is 1.26. The summed E-state index contributed by atoms with van der Waals surface area (Å²) < 4.78 is 16.8. The van der Waals surface area contributed by atoms with E-state index in [1.54, 1.807) is 25.3 Å². The van der Waals surface area contributed by atoms with Crippen LogP contribution in [-0.2, 0) is 17.7 Å². The van der Waals surface area contributed by atoms with E-state index in [2.05, 4.69) is 10.5 Å². The summed E-state index contributed by atoms with van der Waals surface area (Å²) in [5, 5.41) is 27.5. The van der Waals surface area contributed by atoms with Crippen LogP contribution in [0.5, 0.6) is 11.5 Å². The fourth-order valence-electron chi connectivity index (χ4n) is 3.82. The van der Waals surface area contributed by atoms with E-state index in [0.717, 1.165) is 29.0 Å². The molecule has 0 aliphatic carbocycles. The van der Waals surface area contributed by atoms with Gasteiger partial charge in [0.25, 0.3) is 0 Å². The summed E-state index contributed by atoms with van der Waals surface area (Å²) in [6.07, 6.45) is 1.29. The Balaban J connectivity index is 1.29. The standard InChI is InChI=1S/C24H28N2O5/c1-29-20-7-5-16(6-8-20)14-25-15-24-22(28)10-9-21(30-24)12-18-13-23(31-26-18)17-3-2-4-19(27)11-17/h2-8,11,13,21-22,24-25,27-28H,9-10,12,14-15H2,1H3/t21-,22-,24+/m0/s1. The van der Waals surface area contributed by atoms with Crippen LogP contribution in [0, 0.1) is 0 Å². The van der Waals surface area contributed by atoms with Crippen LogP contribution in [0.3, 0.4) is 0 Å². The second-order valence-corrected chi connectivity index (χ2v) is 7.86. The third-order valence-corrected chi connectivity index (χ3v) is 5.54. The minimum absolute atomic E-state index is 0.0293. The first kappa shape index (κ1) is 21.4. The number of phenols is 1. The van der Waals surface area contributed by atoms with Crippen molar-refractivity contribution in [1.82, 2.24) is 10.5 Å². The van der Waals surface area contributed by atoms with Gasteiger partial charge in [-0.1, -0.05) is 29.4 Å². The van der Waals surface area contributed by atoms with Gasteiger partial charge in [-0.2, -0.15) is 0 Å². The fraction of sp³-hybridized carbons (Fsp3) is 0.375. The first-order valence-electron chi connectivity index (χ1n) is 10.5. The van der Waals surface area contributed by atoms with Crippen LogP contribution in [-0.4, -0.2) is 47.3 Å². The molecular weight excluding hydrogens is 396 g/mol. The molecule has 2 heterocycles. The number of ether oxygens (including phenoxy) is 2. The number of aromatic hydroxyl groups is 1. The molecule has 1 saturated heterocycles. The SMILES string of the molecule is COc1ccc(CNC[C@H]2O[C@H](Cc3cc(-c4cccc(O)c4)on3)CC[C@@H]2O)cc1. The fourth-order valence-corrected chi connectivity index (χ4v) is 3.82. The Hall–Kier alpha value is -2.87. The van der Waals surface area contributed by atoms with Crippen LogP contribution in [0.2, 0.25) is 0 Å². The largest absolute Gasteiger partial charge is 0.508 e. The molecular formula is C24H28N2O5. The van der Waals surface area contributed by atoms with Crippen molar-refractivity contribution < 1.29 is 24.2 Å². The van der Waals surface area contributed by atoms with E-state index in [9.17, 15) is 10.2 Å². The van der Waals surface area contributed by atoms with E-state index >= 15 is 0 Å². The molecule has 1 fully saturated rings. The normalized spacial score (nSPS) is 21.2. The van der Waals surface area contributed by atoms with Crippen LogP contribution in [0.4, 0.5) is 0 Å². The van der Waals surface area contributed by atoms with Gasteiger partial charge < -0.3 is 29.5 Å². The van der Waals surface area contributed by atoms with E-state index in [0.29, 0.717) is 31.7 Å². The number of hydrogen-bond acceptors (Lipinski definition) is 7. The molecule has 164 valence electrons. The Bertz CT molecular complexity index is 972.